The highest BCUT2D eigenvalue weighted by Crippen LogP contribution is 2.16. The van der Waals surface area contributed by atoms with E-state index in [-0.39, 0.29) is 0 Å². The fourth-order valence-corrected chi connectivity index (χ4v) is 2.36. The van der Waals surface area contributed by atoms with Crippen molar-refractivity contribution in [1.82, 2.24) is 4.90 Å². The first kappa shape index (κ1) is 12.9. The maximum Gasteiger partial charge on any atom is 0.0460 e. The minimum Gasteiger partial charge on any atom is -0.396 e. The largest absolute Gasteiger partial charge is 0.396 e. The van der Waals surface area contributed by atoms with Crippen LogP contribution in [0.3, 0.4) is 0 Å². The van der Waals surface area contributed by atoms with Crippen molar-refractivity contribution in [3.63, 3.8) is 0 Å². The number of rotatable bonds is 5. The topological polar surface area (TPSA) is 49.5 Å². The summed E-state index contributed by atoms with van der Waals surface area (Å²) in [5.41, 5.74) is 6.08. The van der Waals surface area contributed by atoms with Crippen LogP contribution in [-0.2, 0) is 0 Å². The number of piperidine rings is 1. The molecule has 0 spiro atoms. The van der Waals surface area contributed by atoms with Gasteiger partial charge in [-0.2, -0.15) is 0 Å². The molecule has 0 aliphatic carbocycles. The molecule has 3 heteroatoms. The van der Waals surface area contributed by atoms with E-state index in [9.17, 15) is 0 Å². The fraction of sp³-hybridized carbons (Fsp3) is 1.00. The monoisotopic (exact) mass is 214 g/mol. The van der Waals surface area contributed by atoms with E-state index in [1.807, 2.05) is 0 Å². The standard InChI is InChI=1S/C12H26N2O/c1-10(2)7-12(13)8-14-5-3-11(9-15)4-6-14/h10-12,15H,3-9,13H2,1-2H3/t12-/m0/s1. The zero-order chi connectivity index (χ0) is 11.3. The molecule has 3 nitrogen and oxygen atoms in total. The fourth-order valence-electron chi connectivity index (χ4n) is 2.36. The second-order valence-electron chi connectivity index (χ2n) is 5.32. The van der Waals surface area contributed by atoms with E-state index in [0.717, 1.165) is 38.9 Å². The minimum absolute atomic E-state index is 0.315. The molecule has 1 aliphatic heterocycles. The molecule has 0 amide bonds. The molecule has 1 rings (SSSR count). The van der Waals surface area contributed by atoms with Gasteiger partial charge in [-0.15, -0.1) is 0 Å². The second-order valence-corrected chi connectivity index (χ2v) is 5.32. The summed E-state index contributed by atoms with van der Waals surface area (Å²) in [5.74, 6) is 1.22. The number of nitrogens with zero attached hydrogens (tertiary/aromatic N) is 1. The van der Waals surface area contributed by atoms with Crippen molar-refractivity contribution in [2.24, 2.45) is 17.6 Å². The van der Waals surface area contributed by atoms with Crippen molar-refractivity contribution in [2.45, 2.75) is 39.2 Å². The third-order valence-corrected chi connectivity index (χ3v) is 3.23. The van der Waals surface area contributed by atoms with E-state index in [0.29, 0.717) is 24.5 Å². The first-order valence-electron chi connectivity index (χ1n) is 6.20. The predicted octanol–water partition coefficient (Wildman–Crippen LogP) is 1.06. The summed E-state index contributed by atoms with van der Waals surface area (Å²) in [6, 6.07) is 0.315. The number of hydrogen-bond acceptors (Lipinski definition) is 3. The highest BCUT2D eigenvalue weighted by Gasteiger charge is 2.19. The molecule has 0 radical (unpaired) electrons. The highest BCUT2D eigenvalue weighted by atomic mass is 16.3. The third kappa shape index (κ3) is 4.96. The van der Waals surface area contributed by atoms with Gasteiger partial charge in [-0.3, -0.25) is 0 Å². The molecule has 1 fully saturated rings. The lowest BCUT2D eigenvalue weighted by Crippen LogP contribution is -2.42. The predicted molar refractivity (Wildman–Crippen MR) is 63.7 cm³/mol. The first-order chi connectivity index (χ1) is 7.11. The summed E-state index contributed by atoms with van der Waals surface area (Å²) in [4.78, 5) is 2.44. The van der Waals surface area contributed by atoms with Gasteiger partial charge < -0.3 is 15.7 Å². The van der Waals surface area contributed by atoms with Gasteiger partial charge in [0.05, 0.1) is 0 Å². The molecular weight excluding hydrogens is 188 g/mol. The van der Waals surface area contributed by atoms with Crippen molar-refractivity contribution in [1.29, 1.82) is 0 Å². The van der Waals surface area contributed by atoms with Gasteiger partial charge in [0.1, 0.15) is 0 Å². The lowest BCUT2D eigenvalue weighted by Gasteiger charge is -2.33. The van der Waals surface area contributed by atoms with Crippen LogP contribution in [0.1, 0.15) is 33.1 Å². The minimum atomic E-state index is 0.315. The third-order valence-electron chi connectivity index (χ3n) is 3.23. The van der Waals surface area contributed by atoms with Gasteiger partial charge in [-0.25, -0.2) is 0 Å². The number of hydrogen-bond donors (Lipinski definition) is 2. The normalized spacial score (nSPS) is 22.2. The summed E-state index contributed by atoms with van der Waals surface area (Å²) in [5, 5.41) is 9.03. The number of likely N-dealkylation sites (tertiary alicyclic amines) is 1. The van der Waals surface area contributed by atoms with Gasteiger partial charge in [-0.1, -0.05) is 13.8 Å². The lowest BCUT2D eigenvalue weighted by atomic mass is 9.97. The van der Waals surface area contributed by atoms with Crippen LogP contribution in [0, 0.1) is 11.8 Å². The molecule has 0 aromatic carbocycles. The SMILES string of the molecule is CC(C)C[C@H](N)CN1CCC(CO)CC1. The number of aliphatic hydroxyl groups is 1. The van der Waals surface area contributed by atoms with Gasteiger partial charge >= 0.3 is 0 Å². The Balaban J connectivity index is 2.17. The molecule has 3 N–H and O–H groups in total. The Labute approximate surface area is 93.6 Å². The Morgan fingerprint density at radius 2 is 1.93 bits per heavy atom. The molecule has 1 heterocycles. The van der Waals surface area contributed by atoms with Crippen LogP contribution in [0.25, 0.3) is 0 Å². The average Bonchev–Trinajstić information content (AvgIpc) is 2.17. The quantitative estimate of drug-likeness (QED) is 0.719. The zero-order valence-electron chi connectivity index (χ0n) is 10.2. The average molecular weight is 214 g/mol. The molecule has 15 heavy (non-hydrogen) atoms. The summed E-state index contributed by atoms with van der Waals surface area (Å²) in [7, 11) is 0. The molecule has 0 aromatic rings. The summed E-state index contributed by atoms with van der Waals surface area (Å²) < 4.78 is 0. The summed E-state index contributed by atoms with van der Waals surface area (Å²) >= 11 is 0. The van der Waals surface area contributed by atoms with Crippen LogP contribution in [0.4, 0.5) is 0 Å². The van der Waals surface area contributed by atoms with E-state index in [4.69, 9.17) is 10.8 Å². The smallest absolute Gasteiger partial charge is 0.0460 e. The molecular formula is C12H26N2O. The Hall–Kier alpha value is -0.120. The van der Waals surface area contributed by atoms with Gasteiger partial charge in [0, 0.05) is 19.2 Å². The van der Waals surface area contributed by atoms with E-state index in [2.05, 4.69) is 18.7 Å². The van der Waals surface area contributed by atoms with Crippen molar-refractivity contribution >= 4 is 0 Å². The van der Waals surface area contributed by atoms with Gasteiger partial charge in [0.15, 0.2) is 0 Å². The molecule has 0 unspecified atom stereocenters. The lowest BCUT2D eigenvalue weighted by molar-refractivity contribution is 0.125. The van der Waals surface area contributed by atoms with Crippen LogP contribution in [-0.4, -0.2) is 42.3 Å². The van der Waals surface area contributed by atoms with Gasteiger partial charge in [-0.05, 0) is 44.2 Å². The molecule has 1 atom stereocenters. The van der Waals surface area contributed by atoms with Crippen LogP contribution in [0.5, 0.6) is 0 Å². The maximum atomic E-state index is 9.03. The Morgan fingerprint density at radius 3 is 2.40 bits per heavy atom. The summed E-state index contributed by atoms with van der Waals surface area (Å²) in [6.07, 6.45) is 3.37. The van der Waals surface area contributed by atoms with E-state index < -0.39 is 0 Å². The number of nitrogens with two attached hydrogens (primary N) is 1. The van der Waals surface area contributed by atoms with Crippen LogP contribution in [0.2, 0.25) is 0 Å². The van der Waals surface area contributed by atoms with E-state index >= 15 is 0 Å². The zero-order valence-corrected chi connectivity index (χ0v) is 10.2. The van der Waals surface area contributed by atoms with Crippen LogP contribution < -0.4 is 5.73 Å². The van der Waals surface area contributed by atoms with Crippen molar-refractivity contribution in [2.75, 3.05) is 26.2 Å². The Morgan fingerprint density at radius 1 is 1.33 bits per heavy atom. The van der Waals surface area contributed by atoms with E-state index in [1.54, 1.807) is 0 Å². The Kier molecular flexibility index (Phi) is 5.58. The Bertz CT molecular complexity index is 165. The van der Waals surface area contributed by atoms with Crippen molar-refractivity contribution in [3.8, 4) is 0 Å². The maximum absolute atomic E-state index is 9.03. The molecule has 90 valence electrons. The molecule has 1 saturated heterocycles. The van der Waals surface area contributed by atoms with E-state index in [1.165, 1.54) is 0 Å². The molecule has 0 aromatic heterocycles. The van der Waals surface area contributed by atoms with Crippen molar-refractivity contribution in [3.05, 3.63) is 0 Å². The second kappa shape index (κ2) is 6.46. The molecule has 1 aliphatic rings. The molecule has 0 saturated carbocycles. The first-order valence-corrected chi connectivity index (χ1v) is 6.20. The molecule has 0 bridgehead atoms. The summed E-state index contributed by atoms with van der Waals surface area (Å²) in [6.45, 7) is 8.03. The van der Waals surface area contributed by atoms with Crippen molar-refractivity contribution < 1.29 is 5.11 Å². The van der Waals surface area contributed by atoms with Crippen LogP contribution in [0.15, 0.2) is 0 Å². The van der Waals surface area contributed by atoms with Gasteiger partial charge in [0.2, 0.25) is 0 Å². The number of aliphatic hydroxyl groups excluding tert-OH is 1. The van der Waals surface area contributed by atoms with Crippen LogP contribution >= 0.6 is 0 Å². The van der Waals surface area contributed by atoms with Gasteiger partial charge in [0.25, 0.3) is 0 Å². The highest BCUT2D eigenvalue weighted by molar-refractivity contribution is 4.75.